The van der Waals surface area contributed by atoms with Gasteiger partial charge in [-0.05, 0) is 0 Å². The molecular weight excluding hydrogens is 223 g/mol. The number of hydrogen-bond acceptors (Lipinski definition) is 3. The Hall–Kier alpha value is -1.08. The van der Waals surface area contributed by atoms with E-state index in [1.165, 1.54) is 7.11 Å². The lowest BCUT2D eigenvalue weighted by Crippen LogP contribution is -2.22. The van der Waals surface area contributed by atoms with E-state index in [9.17, 15) is 4.79 Å². The Bertz CT molecular complexity index is 343. The van der Waals surface area contributed by atoms with Gasteiger partial charge in [-0.1, -0.05) is 51.1 Å². The minimum absolute atomic E-state index is 0.106. The van der Waals surface area contributed by atoms with Gasteiger partial charge in [0.15, 0.2) is 0 Å². The molecule has 0 fully saturated rings. The van der Waals surface area contributed by atoms with E-state index in [1.54, 1.807) is 0 Å². The average Bonchev–Trinajstić information content (AvgIpc) is 2.25. The van der Waals surface area contributed by atoms with Crippen LogP contribution in [0.4, 0.5) is 4.79 Å². The average molecular weight is 240 g/mol. The highest BCUT2D eigenvalue weighted by Gasteiger charge is 2.31. The molecule has 0 amide bonds. The van der Waals surface area contributed by atoms with E-state index in [1.807, 2.05) is 30.3 Å². The molecule has 0 aliphatic carbocycles. The zero-order valence-electron chi connectivity index (χ0n) is 10.1. The Balaban J connectivity index is 2.93. The van der Waals surface area contributed by atoms with Gasteiger partial charge in [-0.25, -0.2) is 4.79 Å². The predicted octanol–water partition coefficient (Wildman–Crippen LogP) is 3.29. The quantitative estimate of drug-likeness (QED) is 0.587. The van der Waals surface area contributed by atoms with Gasteiger partial charge in [0.05, 0.1) is 7.11 Å². The molecule has 0 bridgehead atoms. The van der Waals surface area contributed by atoms with Gasteiger partial charge in [0.2, 0.25) is 0 Å². The first-order valence-electron chi connectivity index (χ1n) is 5.06. The standard InChI is InChI=1S/C12H17O3P/c1-12(2,3)16(15-11(13)14-4)10-8-6-5-7-9-10/h5-9H,1-4H3. The molecule has 0 saturated heterocycles. The van der Waals surface area contributed by atoms with Crippen molar-refractivity contribution in [2.75, 3.05) is 7.11 Å². The van der Waals surface area contributed by atoms with Crippen molar-refractivity contribution in [2.45, 2.75) is 25.9 Å². The van der Waals surface area contributed by atoms with Crippen LogP contribution in [0.5, 0.6) is 0 Å². The first-order chi connectivity index (χ1) is 7.45. The molecule has 88 valence electrons. The Morgan fingerprint density at radius 2 is 1.75 bits per heavy atom. The number of hydrogen-bond donors (Lipinski definition) is 0. The van der Waals surface area contributed by atoms with Gasteiger partial charge in [0.1, 0.15) is 8.15 Å². The van der Waals surface area contributed by atoms with E-state index >= 15 is 0 Å². The molecule has 1 aromatic carbocycles. The second-order valence-corrected chi connectivity index (χ2v) is 6.98. The number of benzene rings is 1. The first kappa shape index (κ1) is 13.0. The van der Waals surface area contributed by atoms with Crippen LogP contribution in [-0.4, -0.2) is 18.4 Å². The molecule has 0 aliphatic heterocycles. The van der Waals surface area contributed by atoms with E-state index < -0.39 is 14.3 Å². The molecular formula is C12H17O3P. The molecule has 0 saturated carbocycles. The Kier molecular flexibility index (Phi) is 4.31. The van der Waals surface area contributed by atoms with Crippen molar-refractivity contribution in [3.05, 3.63) is 30.3 Å². The third kappa shape index (κ3) is 3.49. The summed E-state index contributed by atoms with van der Waals surface area (Å²) in [5.74, 6) is 0. The smallest absolute Gasteiger partial charge is 0.437 e. The molecule has 0 spiro atoms. The van der Waals surface area contributed by atoms with Crippen LogP contribution in [0.3, 0.4) is 0 Å². The summed E-state index contributed by atoms with van der Waals surface area (Å²) in [6.45, 7) is 6.15. The van der Waals surface area contributed by atoms with E-state index in [0.29, 0.717) is 0 Å². The first-order valence-corrected chi connectivity index (χ1v) is 6.32. The van der Waals surface area contributed by atoms with E-state index in [4.69, 9.17) is 4.52 Å². The molecule has 4 heteroatoms. The normalized spacial score (nSPS) is 13.0. The summed E-state index contributed by atoms with van der Waals surface area (Å²) in [6, 6.07) is 9.77. The zero-order chi connectivity index (χ0) is 12.2. The summed E-state index contributed by atoms with van der Waals surface area (Å²) in [6.07, 6.45) is -0.620. The third-order valence-corrected chi connectivity index (χ3v) is 4.25. The minimum atomic E-state index is -1.02. The fourth-order valence-electron chi connectivity index (χ4n) is 1.25. The summed E-state index contributed by atoms with van der Waals surface area (Å²) in [4.78, 5) is 11.2. The second kappa shape index (κ2) is 5.31. The van der Waals surface area contributed by atoms with Gasteiger partial charge in [-0.3, -0.25) is 0 Å². The van der Waals surface area contributed by atoms with Gasteiger partial charge in [0.25, 0.3) is 0 Å². The summed E-state index contributed by atoms with van der Waals surface area (Å²) in [5, 5.41) is 0.931. The maximum Gasteiger partial charge on any atom is 0.511 e. The molecule has 1 unspecified atom stereocenters. The number of methoxy groups -OCH3 is 1. The van der Waals surface area contributed by atoms with Crippen LogP contribution in [0.2, 0.25) is 0 Å². The lowest BCUT2D eigenvalue weighted by Gasteiger charge is -2.29. The fourth-order valence-corrected chi connectivity index (χ4v) is 3.07. The summed E-state index contributed by atoms with van der Waals surface area (Å²) in [7, 11) is 0.306. The Labute approximate surface area is 97.6 Å². The van der Waals surface area contributed by atoms with Crippen molar-refractivity contribution in [3.63, 3.8) is 0 Å². The number of carbonyl (C=O) groups excluding carboxylic acids is 1. The number of rotatable bonds is 2. The Morgan fingerprint density at radius 3 is 2.19 bits per heavy atom. The highest BCUT2D eigenvalue weighted by molar-refractivity contribution is 7.62. The van der Waals surface area contributed by atoms with Crippen LogP contribution in [-0.2, 0) is 9.26 Å². The van der Waals surface area contributed by atoms with Crippen molar-refractivity contribution in [1.29, 1.82) is 0 Å². The van der Waals surface area contributed by atoms with Gasteiger partial charge < -0.3 is 9.26 Å². The number of ether oxygens (including phenoxy) is 1. The van der Waals surface area contributed by atoms with Crippen molar-refractivity contribution < 1.29 is 14.1 Å². The second-order valence-electron chi connectivity index (χ2n) is 4.35. The molecule has 1 atom stereocenters. The van der Waals surface area contributed by atoms with Crippen molar-refractivity contribution in [2.24, 2.45) is 0 Å². The van der Waals surface area contributed by atoms with Crippen molar-refractivity contribution in [1.82, 2.24) is 0 Å². The van der Waals surface area contributed by atoms with Crippen LogP contribution in [0.1, 0.15) is 20.8 Å². The van der Waals surface area contributed by atoms with Gasteiger partial charge in [-0.15, -0.1) is 0 Å². The van der Waals surface area contributed by atoms with Crippen LogP contribution in [0.25, 0.3) is 0 Å². The molecule has 0 aromatic heterocycles. The summed E-state index contributed by atoms with van der Waals surface area (Å²) in [5.41, 5.74) is 0. The SMILES string of the molecule is COC(=O)OP(c1ccccc1)C(C)(C)C. The topological polar surface area (TPSA) is 35.5 Å². The maximum atomic E-state index is 11.2. The summed E-state index contributed by atoms with van der Waals surface area (Å²) < 4.78 is 9.91. The Morgan fingerprint density at radius 1 is 1.19 bits per heavy atom. The molecule has 3 nitrogen and oxygen atoms in total. The molecule has 16 heavy (non-hydrogen) atoms. The van der Waals surface area contributed by atoms with Crippen LogP contribution in [0, 0.1) is 0 Å². The zero-order valence-corrected chi connectivity index (χ0v) is 11.0. The van der Waals surface area contributed by atoms with Crippen LogP contribution >= 0.6 is 8.15 Å². The van der Waals surface area contributed by atoms with Crippen LogP contribution < -0.4 is 5.30 Å². The molecule has 1 rings (SSSR count). The predicted molar refractivity (Wildman–Crippen MR) is 66.2 cm³/mol. The van der Waals surface area contributed by atoms with Crippen molar-refractivity contribution in [3.8, 4) is 0 Å². The molecule has 0 aliphatic rings. The monoisotopic (exact) mass is 240 g/mol. The van der Waals surface area contributed by atoms with E-state index in [2.05, 4.69) is 25.5 Å². The minimum Gasteiger partial charge on any atom is -0.437 e. The number of carbonyl (C=O) groups is 1. The van der Waals surface area contributed by atoms with Crippen LogP contribution in [0.15, 0.2) is 30.3 Å². The highest BCUT2D eigenvalue weighted by atomic mass is 31.1. The van der Waals surface area contributed by atoms with E-state index in [-0.39, 0.29) is 5.16 Å². The highest BCUT2D eigenvalue weighted by Crippen LogP contribution is 2.49. The van der Waals surface area contributed by atoms with Gasteiger partial charge >= 0.3 is 6.16 Å². The lowest BCUT2D eigenvalue weighted by molar-refractivity contribution is 0.125. The lowest BCUT2D eigenvalue weighted by atomic mass is 10.3. The molecule has 1 aromatic rings. The third-order valence-electron chi connectivity index (χ3n) is 1.93. The summed E-state index contributed by atoms with van der Waals surface area (Å²) >= 11 is 0. The maximum absolute atomic E-state index is 11.2. The molecule has 0 heterocycles. The molecule has 0 N–H and O–H groups in total. The fraction of sp³-hybridized carbons (Fsp3) is 0.417. The largest absolute Gasteiger partial charge is 0.511 e. The van der Waals surface area contributed by atoms with Gasteiger partial charge in [0, 0.05) is 10.5 Å². The van der Waals surface area contributed by atoms with E-state index in [0.717, 1.165) is 5.30 Å². The van der Waals surface area contributed by atoms with Crippen molar-refractivity contribution >= 4 is 19.6 Å². The van der Waals surface area contributed by atoms with Gasteiger partial charge in [-0.2, -0.15) is 0 Å². The molecule has 0 radical (unpaired) electrons.